The Labute approximate surface area is 215 Å². The maximum absolute atomic E-state index is 14.7. The van der Waals surface area contributed by atoms with Gasteiger partial charge in [0.05, 0.1) is 12.3 Å². The molecule has 0 spiro atoms. The molecule has 178 valence electrons. The number of nitrogens with zero attached hydrogens (tertiary/aromatic N) is 2. The van der Waals surface area contributed by atoms with Crippen molar-refractivity contribution in [2.75, 3.05) is 11.5 Å². The van der Waals surface area contributed by atoms with E-state index >= 15 is 0 Å². The Morgan fingerprint density at radius 2 is 1.56 bits per heavy atom. The van der Waals surface area contributed by atoms with Crippen molar-refractivity contribution in [2.45, 2.75) is 24.3 Å². The number of nitrogens with one attached hydrogen (secondary N) is 1. The third-order valence-electron chi connectivity index (χ3n) is 8.06. The predicted octanol–water partition coefficient (Wildman–Crippen LogP) is 3.86. The van der Waals surface area contributed by atoms with Crippen LogP contribution in [0.3, 0.4) is 0 Å². The van der Waals surface area contributed by atoms with Crippen molar-refractivity contribution < 1.29 is 19.1 Å². The van der Waals surface area contributed by atoms with Crippen molar-refractivity contribution in [2.24, 2.45) is 10.5 Å². The number of benzene rings is 3. The molecule has 8 rings (SSSR count). The van der Waals surface area contributed by atoms with Gasteiger partial charge in [-0.2, -0.15) is 5.10 Å². The summed E-state index contributed by atoms with van der Waals surface area (Å²) >= 11 is 3.46. The summed E-state index contributed by atoms with van der Waals surface area (Å²) < 4.78 is 6.14. The Balaban J connectivity index is 1.59. The standard InChI is InChI=1S/C28H20BrN3O4/c1-2-36-24(33)23-27-21-17-10-3-5-12-19(17)22(20-13-6-4-11-18(20)21)28(27,31-30-23)26(35)32(25(27)34)16-9-7-8-15(29)14-16/h3-14,21-22,31H,2H2,1H3. The highest BCUT2D eigenvalue weighted by atomic mass is 79.9. The van der Waals surface area contributed by atoms with Crippen molar-refractivity contribution in [3.8, 4) is 0 Å². The molecule has 0 aromatic heterocycles. The van der Waals surface area contributed by atoms with Gasteiger partial charge < -0.3 is 4.74 Å². The molecule has 2 atom stereocenters. The number of carbonyl (C=O) groups is 3. The molecule has 36 heavy (non-hydrogen) atoms. The summed E-state index contributed by atoms with van der Waals surface area (Å²) in [4.78, 5) is 44.0. The van der Waals surface area contributed by atoms with Gasteiger partial charge in [-0.05, 0) is 47.4 Å². The summed E-state index contributed by atoms with van der Waals surface area (Å²) in [6.07, 6.45) is 0. The zero-order valence-electron chi connectivity index (χ0n) is 19.2. The lowest BCUT2D eigenvalue weighted by Crippen LogP contribution is -2.69. The number of halogens is 1. The molecule has 8 heteroatoms. The third-order valence-corrected chi connectivity index (χ3v) is 8.55. The average molecular weight is 542 g/mol. The van der Waals surface area contributed by atoms with Gasteiger partial charge in [-0.3, -0.25) is 15.0 Å². The second-order valence-electron chi connectivity index (χ2n) is 9.46. The van der Waals surface area contributed by atoms with E-state index in [1.54, 1.807) is 25.1 Å². The van der Waals surface area contributed by atoms with Crippen molar-refractivity contribution in [3.63, 3.8) is 0 Å². The van der Waals surface area contributed by atoms with Gasteiger partial charge in [0.2, 0.25) is 0 Å². The smallest absolute Gasteiger partial charge is 0.355 e. The molecule has 7 nitrogen and oxygen atoms in total. The third kappa shape index (κ3) is 2.20. The fourth-order valence-corrected chi connectivity index (χ4v) is 7.33. The molecule has 1 fully saturated rings. The van der Waals surface area contributed by atoms with Gasteiger partial charge >= 0.3 is 5.97 Å². The van der Waals surface area contributed by atoms with Gasteiger partial charge in [-0.15, -0.1) is 0 Å². The number of imide groups is 1. The lowest BCUT2D eigenvalue weighted by Gasteiger charge is -2.55. The Morgan fingerprint density at radius 1 is 0.944 bits per heavy atom. The quantitative estimate of drug-likeness (QED) is 0.401. The Bertz CT molecular complexity index is 1500. The topological polar surface area (TPSA) is 88.1 Å². The summed E-state index contributed by atoms with van der Waals surface area (Å²) in [5.41, 5.74) is 4.16. The molecule has 2 amide bonds. The van der Waals surface area contributed by atoms with Crippen LogP contribution in [0, 0.1) is 5.41 Å². The highest BCUT2D eigenvalue weighted by molar-refractivity contribution is 9.10. The summed E-state index contributed by atoms with van der Waals surface area (Å²) in [5, 5.41) is 4.43. The first-order valence-corrected chi connectivity index (χ1v) is 12.6. The lowest BCUT2D eigenvalue weighted by atomic mass is 9.43. The van der Waals surface area contributed by atoms with Crippen LogP contribution < -0.4 is 10.3 Å². The summed E-state index contributed by atoms with van der Waals surface area (Å²) in [6.45, 7) is 1.83. The number of esters is 1. The monoisotopic (exact) mass is 541 g/mol. The number of hydrogen-bond acceptors (Lipinski definition) is 6. The molecule has 5 aliphatic rings. The average Bonchev–Trinajstić information content (AvgIpc) is 3.36. The van der Waals surface area contributed by atoms with Gasteiger partial charge in [0.15, 0.2) is 11.3 Å². The minimum Gasteiger partial charge on any atom is -0.461 e. The molecule has 0 saturated carbocycles. The number of rotatable bonds is 3. The largest absolute Gasteiger partial charge is 0.461 e. The van der Waals surface area contributed by atoms with Crippen LogP contribution in [0.2, 0.25) is 0 Å². The Morgan fingerprint density at radius 3 is 2.14 bits per heavy atom. The maximum Gasteiger partial charge on any atom is 0.355 e. The maximum atomic E-state index is 14.7. The van der Waals surface area contributed by atoms with E-state index in [-0.39, 0.29) is 12.3 Å². The number of hydrazone groups is 1. The van der Waals surface area contributed by atoms with E-state index in [1.165, 1.54) is 4.90 Å². The molecule has 2 heterocycles. The Kier molecular flexibility index (Phi) is 4.26. The van der Waals surface area contributed by atoms with Crippen molar-refractivity contribution in [1.29, 1.82) is 0 Å². The first-order valence-electron chi connectivity index (χ1n) is 11.8. The zero-order valence-corrected chi connectivity index (χ0v) is 20.8. The second kappa shape index (κ2) is 7.13. The molecule has 3 aliphatic carbocycles. The first-order chi connectivity index (χ1) is 17.5. The molecule has 2 unspecified atom stereocenters. The summed E-state index contributed by atoms with van der Waals surface area (Å²) in [6, 6.07) is 22.8. The minimum atomic E-state index is -1.59. The number of anilines is 1. The van der Waals surface area contributed by atoms with E-state index in [4.69, 9.17) is 4.74 Å². The van der Waals surface area contributed by atoms with E-state index in [2.05, 4.69) is 26.5 Å². The predicted molar refractivity (Wildman–Crippen MR) is 136 cm³/mol. The number of ether oxygens (including phenoxy) is 1. The summed E-state index contributed by atoms with van der Waals surface area (Å²) in [5.74, 6) is -2.71. The van der Waals surface area contributed by atoms with Crippen molar-refractivity contribution >= 4 is 45.1 Å². The van der Waals surface area contributed by atoms with Crippen LogP contribution in [0.5, 0.6) is 0 Å². The second-order valence-corrected chi connectivity index (χ2v) is 10.4. The van der Waals surface area contributed by atoms with Crippen LogP contribution >= 0.6 is 15.9 Å². The highest BCUT2D eigenvalue weighted by Crippen LogP contribution is 2.71. The van der Waals surface area contributed by atoms with Crippen LogP contribution in [0.25, 0.3) is 0 Å². The minimum absolute atomic E-state index is 0.0424. The van der Waals surface area contributed by atoms with Gasteiger partial charge in [0.1, 0.15) is 5.41 Å². The molecule has 1 N–H and O–H groups in total. The van der Waals surface area contributed by atoms with Crippen LogP contribution in [-0.4, -0.2) is 35.6 Å². The highest BCUT2D eigenvalue weighted by Gasteiger charge is 2.85. The molecule has 3 aromatic rings. The molecular formula is C28H20BrN3O4. The zero-order chi connectivity index (χ0) is 24.8. The van der Waals surface area contributed by atoms with Gasteiger partial charge in [0, 0.05) is 16.3 Å². The van der Waals surface area contributed by atoms with E-state index in [0.717, 1.165) is 26.7 Å². The fraction of sp³-hybridized carbons (Fsp3) is 0.214. The van der Waals surface area contributed by atoms with E-state index in [0.29, 0.717) is 5.69 Å². The van der Waals surface area contributed by atoms with Crippen LogP contribution in [0.1, 0.15) is 41.0 Å². The first kappa shape index (κ1) is 21.5. The van der Waals surface area contributed by atoms with Crippen LogP contribution in [0.15, 0.2) is 82.4 Å². The fourth-order valence-electron chi connectivity index (χ4n) is 6.94. The summed E-state index contributed by atoms with van der Waals surface area (Å²) in [7, 11) is 0. The van der Waals surface area contributed by atoms with Gasteiger partial charge in [-0.1, -0.05) is 70.5 Å². The van der Waals surface area contributed by atoms with E-state index in [1.807, 2.05) is 54.6 Å². The van der Waals surface area contributed by atoms with Crippen LogP contribution in [0.4, 0.5) is 5.69 Å². The molecule has 3 aromatic carbocycles. The van der Waals surface area contributed by atoms with Crippen LogP contribution in [-0.2, 0) is 19.1 Å². The molecule has 2 aliphatic heterocycles. The number of hydrogen-bond donors (Lipinski definition) is 1. The number of carbonyl (C=O) groups excluding carboxylic acids is 3. The molecule has 2 bridgehead atoms. The SMILES string of the molecule is CCOC(=O)C1=NNC23C(=O)N(c4cccc(Br)c4)C(=O)C12C1c2ccccc2C3c2ccccc21. The number of amides is 2. The molecule has 0 radical (unpaired) electrons. The van der Waals surface area contributed by atoms with Gasteiger partial charge in [-0.25, -0.2) is 9.69 Å². The van der Waals surface area contributed by atoms with Crippen molar-refractivity contribution in [3.05, 3.63) is 99.5 Å². The molecular weight excluding hydrogens is 522 g/mol. The normalized spacial score (nSPS) is 28.6. The lowest BCUT2D eigenvalue weighted by molar-refractivity contribution is -0.137. The van der Waals surface area contributed by atoms with E-state index < -0.39 is 40.6 Å². The van der Waals surface area contributed by atoms with Crippen molar-refractivity contribution in [1.82, 2.24) is 5.43 Å². The molecule has 1 saturated heterocycles. The van der Waals surface area contributed by atoms with E-state index in [9.17, 15) is 14.4 Å². The Hall–Kier alpha value is -3.78. The van der Waals surface area contributed by atoms with Gasteiger partial charge in [0.25, 0.3) is 11.8 Å².